The second-order valence-electron chi connectivity index (χ2n) is 4.73. The maximum atomic E-state index is 12.5. The molecule has 0 radical (unpaired) electrons. The van der Waals surface area contributed by atoms with Gasteiger partial charge >= 0.3 is 6.18 Å². The number of benzene rings is 1. The first-order valence-electron chi connectivity index (χ1n) is 6.67. The van der Waals surface area contributed by atoms with Gasteiger partial charge in [0.15, 0.2) is 0 Å². The van der Waals surface area contributed by atoms with Crippen molar-refractivity contribution < 1.29 is 13.2 Å². The molecule has 0 amide bonds. The minimum Gasteiger partial charge on any atom is -0.309 e. The molecule has 1 unspecified atom stereocenters. The Morgan fingerprint density at radius 2 is 1.95 bits per heavy atom. The number of rotatable bonds is 6. The lowest BCUT2D eigenvalue weighted by Crippen LogP contribution is -2.23. The van der Waals surface area contributed by atoms with Crippen LogP contribution in [0.2, 0.25) is 0 Å². The Hall–Kier alpha value is -1.47. The summed E-state index contributed by atoms with van der Waals surface area (Å²) in [7, 11) is 0. The zero-order chi connectivity index (χ0) is 15.3. The lowest BCUT2D eigenvalue weighted by Gasteiger charge is -2.16. The van der Waals surface area contributed by atoms with Gasteiger partial charge in [-0.15, -0.1) is 5.10 Å². The van der Waals surface area contributed by atoms with Crippen molar-refractivity contribution in [3.8, 4) is 0 Å². The van der Waals surface area contributed by atoms with Crippen LogP contribution in [0.4, 0.5) is 13.2 Å². The average molecular weight is 315 g/mol. The minimum absolute atomic E-state index is 0.0293. The highest BCUT2D eigenvalue weighted by Gasteiger charge is 2.30. The lowest BCUT2D eigenvalue weighted by molar-refractivity contribution is -0.137. The molecule has 1 atom stereocenters. The van der Waals surface area contributed by atoms with Gasteiger partial charge in [-0.2, -0.15) is 13.2 Å². The normalized spacial score (nSPS) is 13.3. The summed E-state index contributed by atoms with van der Waals surface area (Å²) < 4.78 is 41.5. The largest absolute Gasteiger partial charge is 0.416 e. The molecule has 0 saturated carbocycles. The van der Waals surface area contributed by atoms with Gasteiger partial charge in [-0.1, -0.05) is 23.5 Å². The van der Waals surface area contributed by atoms with Crippen LogP contribution < -0.4 is 5.32 Å². The fraction of sp³-hybridized carbons (Fsp3) is 0.429. The molecule has 0 aliphatic rings. The van der Waals surface area contributed by atoms with Crippen molar-refractivity contribution in [3.05, 3.63) is 46.5 Å². The van der Waals surface area contributed by atoms with Crippen LogP contribution in [-0.4, -0.2) is 16.1 Å². The number of halogens is 3. The van der Waals surface area contributed by atoms with Crippen LogP contribution in [0.15, 0.2) is 30.5 Å². The predicted octanol–water partition coefficient (Wildman–Crippen LogP) is 3.84. The first-order valence-corrected chi connectivity index (χ1v) is 7.45. The van der Waals surface area contributed by atoms with Crippen molar-refractivity contribution in [2.24, 2.45) is 0 Å². The molecule has 21 heavy (non-hydrogen) atoms. The summed E-state index contributed by atoms with van der Waals surface area (Å²) in [5.74, 6) is 0. The van der Waals surface area contributed by atoms with E-state index in [0.29, 0.717) is 6.42 Å². The summed E-state index contributed by atoms with van der Waals surface area (Å²) in [6.07, 6.45) is -1.00. The van der Waals surface area contributed by atoms with E-state index in [9.17, 15) is 13.2 Å². The molecule has 114 valence electrons. The average Bonchev–Trinajstić information content (AvgIpc) is 2.97. The van der Waals surface area contributed by atoms with Gasteiger partial charge in [-0.25, -0.2) is 0 Å². The Morgan fingerprint density at radius 1 is 1.24 bits per heavy atom. The summed E-state index contributed by atoms with van der Waals surface area (Å²) in [4.78, 5) is 0.989. The van der Waals surface area contributed by atoms with Gasteiger partial charge in [-0.3, -0.25) is 0 Å². The van der Waals surface area contributed by atoms with E-state index in [2.05, 4.69) is 21.8 Å². The van der Waals surface area contributed by atoms with Gasteiger partial charge < -0.3 is 5.32 Å². The van der Waals surface area contributed by atoms with Gasteiger partial charge in [0.2, 0.25) is 0 Å². The Balaban J connectivity index is 2.09. The summed E-state index contributed by atoms with van der Waals surface area (Å²) in [6.45, 7) is 2.90. The van der Waals surface area contributed by atoms with Crippen LogP contribution in [0.1, 0.15) is 35.4 Å². The quantitative estimate of drug-likeness (QED) is 0.880. The smallest absolute Gasteiger partial charge is 0.309 e. The number of alkyl halides is 3. The predicted molar refractivity (Wildman–Crippen MR) is 76.1 cm³/mol. The second kappa shape index (κ2) is 7.00. The van der Waals surface area contributed by atoms with E-state index in [1.54, 1.807) is 6.20 Å². The third-order valence-corrected chi connectivity index (χ3v) is 3.86. The van der Waals surface area contributed by atoms with Gasteiger partial charge in [0.1, 0.15) is 0 Å². The van der Waals surface area contributed by atoms with Crippen molar-refractivity contribution >= 4 is 11.5 Å². The first-order chi connectivity index (χ1) is 10.0. The first kappa shape index (κ1) is 15.9. The molecular formula is C14H16F3N3S. The highest BCUT2D eigenvalue weighted by atomic mass is 32.1. The highest BCUT2D eigenvalue weighted by Crippen LogP contribution is 2.30. The molecule has 0 bridgehead atoms. The number of nitrogens with zero attached hydrogens (tertiary/aromatic N) is 2. The summed E-state index contributed by atoms with van der Waals surface area (Å²) in [6, 6.07) is 5.33. The Bertz CT molecular complexity index is 538. The Labute approximate surface area is 125 Å². The SMILES string of the molecule is CCCNC(Cc1ccc(C(F)(F)F)cc1)c1cnns1. The molecule has 1 aromatic carbocycles. The van der Waals surface area contributed by atoms with E-state index in [1.165, 1.54) is 23.7 Å². The number of aromatic nitrogens is 2. The molecule has 3 nitrogen and oxygen atoms in total. The maximum absolute atomic E-state index is 12.5. The van der Waals surface area contributed by atoms with Gasteiger partial charge in [0.25, 0.3) is 0 Å². The van der Waals surface area contributed by atoms with Crippen LogP contribution in [0.3, 0.4) is 0 Å². The van der Waals surface area contributed by atoms with E-state index in [-0.39, 0.29) is 6.04 Å². The fourth-order valence-corrected chi connectivity index (χ4v) is 2.56. The third-order valence-electron chi connectivity index (χ3n) is 3.08. The molecule has 7 heteroatoms. The number of hydrogen-bond acceptors (Lipinski definition) is 4. The Kier molecular flexibility index (Phi) is 5.30. The van der Waals surface area contributed by atoms with Crippen molar-refractivity contribution in [2.45, 2.75) is 32.0 Å². The van der Waals surface area contributed by atoms with Crippen LogP contribution in [0.5, 0.6) is 0 Å². The molecule has 2 aromatic rings. The topological polar surface area (TPSA) is 37.8 Å². The van der Waals surface area contributed by atoms with Crippen molar-refractivity contribution in [2.75, 3.05) is 6.54 Å². The zero-order valence-electron chi connectivity index (χ0n) is 11.5. The molecule has 1 heterocycles. The molecule has 0 fully saturated rings. The van der Waals surface area contributed by atoms with E-state index >= 15 is 0 Å². The summed E-state index contributed by atoms with van der Waals surface area (Å²) in [5.41, 5.74) is 0.230. The molecule has 0 spiro atoms. The van der Waals surface area contributed by atoms with E-state index in [4.69, 9.17) is 0 Å². The van der Waals surface area contributed by atoms with Crippen molar-refractivity contribution in [1.29, 1.82) is 0 Å². The van der Waals surface area contributed by atoms with Gasteiger partial charge in [0, 0.05) is 6.04 Å². The summed E-state index contributed by atoms with van der Waals surface area (Å²) >= 11 is 1.30. The Morgan fingerprint density at radius 3 is 2.48 bits per heavy atom. The maximum Gasteiger partial charge on any atom is 0.416 e. The van der Waals surface area contributed by atoms with Crippen molar-refractivity contribution in [3.63, 3.8) is 0 Å². The molecular weight excluding hydrogens is 299 g/mol. The van der Waals surface area contributed by atoms with Crippen LogP contribution in [0.25, 0.3) is 0 Å². The third kappa shape index (κ3) is 4.50. The minimum atomic E-state index is -4.29. The van der Waals surface area contributed by atoms with E-state index in [0.717, 1.165) is 35.5 Å². The number of hydrogen-bond donors (Lipinski definition) is 1. The second-order valence-corrected chi connectivity index (χ2v) is 5.54. The molecule has 1 aromatic heterocycles. The molecule has 2 rings (SSSR count). The van der Waals surface area contributed by atoms with E-state index < -0.39 is 11.7 Å². The summed E-state index contributed by atoms with van der Waals surface area (Å²) in [5, 5.41) is 7.19. The monoisotopic (exact) mass is 315 g/mol. The van der Waals surface area contributed by atoms with E-state index in [1.807, 2.05) is 0 Å². The van der Waals surface area contributed by atoms with Crippen molar-refractivity contribution in [1.82, 2.24) is 14.9 Å². The van der Waals surface area contributed by atoms with Crippen LogP contribution in [0, 0.1) is 0 Å². The molecule has 0 aliphatic carbocycles. The van der Waals surface area contributed by atoms with Crippen LogP contribution >= 0.6 is 11.5 Å². The van der Waals surface area contributed by atoms with Crippen LogP contribution in [-0.2, 0) is 12.6 Å². The number of nitrogens with one attached hydrogen (secondary N) is 1. The highest BCUT2D eigenvalue weighted by molar-refractivity contribution is 7.05. The fourth-order valence-electron chi connectivity index (χ4n) is 1.99. The lowest BCUT2D eigenvalue weighted by atomic mass is 10.0. The van der Waals surface area contributed by atoms with Gasteiger partial charge in [0.05, 0.1) is 16.6 Å². The molecule has 1 N–H and O–H groups in total. The molecule has 0 saturated heterocycles. The standard InChI is InChI=1S/C14H16F3N3S/c1-2-7-18-12(13-9-19-20-21-13)8-10-3-5-11(6-4-10)14(15,16)17/h3-6,9,12,18H,2,7-8H2,1H3. The zero-order valence-corrected chi connectivity index (χ0v) is 12.3. The van der Waals surface area contributed by atoms with Gasteiger partial charge in [-0.05, 0) is 48.6 Å². The molecule has 0 aliphatic heterocycles.